The minimum atomic E-state index is -3.58. The van der Waals surface area contributed by atoms with E-state index >= 15 is 0 Å². The average Bonchev–Trinajstić information content (AvgIpc) is 2.97. The quantitative estimate of drug-likeness (QED) is 0.799. The van der Waals surface area contributed by atoms with Gasteiger partial charge in [-0.25, -0.2) is 13.1 Å². The standard InChI is InChI=1S/C18H21NO5S/c1-12-8-13(2)18(14(3)9-12)25(20,21)19-6-7-22-15-4-5-16-17(10-15)24-11-23-16/h4-5,8-10,19H,6-7,11H2,1-3H3. The first-order valence-electron chi connectivity index (χ1n) is 7.97. The number of aryl methyl sites for hydroxylation is 3. The molecule has 1 N–H and O–H groups in total. The van der Waals surface area contributed by atoms with E-state index in [4.69, 9.17) is 14.2 Å². The minimum absolute atomic E-state index is 0.170. The van der Waals surface area contributed by atoms with E-state index in [0.717, 1.165) is 16.7 Å². The second-order valence-corrected chi connectivity index (χ2v) is 7.69. The second kappa shape index (κ2) is 6.93. The van der Waals surface area contributed by atoms with Crippen LogP contribution >= 0.6 is 0 Å². The average molecular weight is 363 g/mol. The van der Waals surface area contributed by atoms with Crippen LogP contribution in [0.3, 0.4) is 0 Å². The van der Waals surface area contributed by atoms with Gasteiger partial charge < -0.3 is 14.2 Å². The summed E-state index contributed by atoms with van der Waals surface area (Å²) in [5.41, 5.74) is 2.52. The number of ether oxygens (including phenoxy) is 3. The Morgan fingerprint density at radius 2 is 1.72 bits per heavy atom. The number of nitrogens with one attached hydrogen (secondary N) is 1. The molecular formula is C18H21NO5S. The Balaban J connectivity index is 1.60. The van der Waals surface area contributed by atoms with Crippen LogP contribution < -0.4 is 18.9 Å². The van der Waals surface area contributed by atoms with Crippen LogP contribution in [0, 0.1) is 20.8 Å². The molecule has 0 amide bonds. The van der Waals surface area contributed by atoms with Crippen molar-refractivity contribution < 1.29 is 22.6 Å². The molecule has 1 aliphatic heterocycles. The van der Waals surface area contributed by atoms with Crippen LogP contribution in [0.25, 0.3) is 0 Å². The molecule has 0 radical (unpaired) electrons. The van der Waals surface area contributed by atoms with Gasteiger partial charge in [0, 0.05) is 12.6 Å². The predicted octanol–water partition coefficient (Wildman–Crippen LogP) is 2.70. The summed E-state index contributed by atoms with van der Waals surface area (Å²) in [6, 6.07) is 8.98. The van der Waals surface area contributed by atoms with E-state index in [1.807, 2.05) is 19.1 Å². The van der Waals surface area contributed by atoms with Crippen molar-refractivity contribution in [3.63, 3.8) is 0 Å². The molecule has 7 heteroatoms. The van der Waals surface area contributed by atoms with Crippen molar-refractivity contribution in [3.05, 3.63) is 47.0 Å². The van der Waals surface area contributed by atoms with Gasteiger partial charge in [-0.2, -0.15) is 0 Å². The molecule has 1 aliphatic rings. The first kappa shape index (κ1) is 17.6. The monoisotopic (exact) mass is 363 g/mol. The zero-order valence-corrected chi connectivity index (χ0v) is 15.3. The van der Waals surface area contributed by atoms with E-state index in [1.165, 1.54) is 0 Å². The van der Waals surface area contributed by atoms with Gasteiger partial charge in [-0.05, 0) is 44.0 Å². The maximum absolute atomic E-state index is 12.5. The number of sulfonamides is 1. The van der Waals surface area contributed by atoms with Gasteiger partial charge in [-0.1, -0.05) is 17.7 Å². The summed E-state index contributed by atoms with van der Waals surface area (Å²) in [6.45, 7) is 6.14. The molecule has 2 aromatic carbocycles. The molecule has 3 rings (SSSR count). The van der Waals surface area contributed by atoms with E-state index in [1.54, 1.807) is 32.0 Å². The highest BCUT2D eigenvalue weighted by Gasteiger charge is 2.19. The molecule has 134 valence electrons. The van der Waals surface area contributed by atoms with Crippen molar-refractivity contribution >= 4 is 10.0 Å². The van der Waals surface area contributed by atoms with Gasteiger partial charge in [-0.3, -0.25) is 0 Å². The van der Waals surface area contributed by atoms with Gasteiger partial charge in [0.05, 0.1) is 4.90 Å². The first-order valence-corrected chi connectivity index (χ1v) is 9.45. The maximum atomic E-state index is 12.5. The zero-order chi connectivity index (χ0) is 18.0. The van der Waals surface area contributed by atoms with Gasteiger partial charge in [0.2, 0.25) is 16.8 Å². The number of rotatable bonds is 6. The van der Waals surface area contributed by atoms with E-state index in [9.17, 15) is 8.42 Å². The van der Waals surface area contributed by atoms with Crippen LogP contribution in [0.1, 0.15) is 16.7 Å². The highest BCUT2D eigenvalue weighted by molar-refractivity contribution is 7.89. The summed E-state index contributed by atoms with van der Waals surface area (Å²) in [5.74, 6) is 1.91. The Morgan fingerprint density at radius 3 is 2.44 bits per heavy atom. The maximum Gasteiger partial charge on any atom is 0.241 e. The largest absolute Gasteiger partial charge is 0.492 e. The van der Waals surface area contributed by atoms with E-state index in [0.29, 0.717) is 22.1 Å². The van der Waals surface area contributed by atoms with Crippen LogP contribution in [-0.4, -0.2) is 28.4 Å². The summed E-state index contributed by atoms with van der Waals surface area (Å²) in [6.07, 6.45) is 0. The Hall–Kier alpha value is -2.25. The summed E-state index contributed by atoms with van der Waals surface area (Å²) < 4.78 is 43.8. The molecule has 0 saturated heterocycles. The lowest BCUT2D eigenvalue weighted by atomic mass is 10.1. The van der Waals surface area contributed by atoms with Gasteiger partial charge >= 0.3 is 0 Å². The third-order valence-electron chi connectivity index (χ3n) is 3.88. The van der Waals surface area contributed by atoms with Gasteiger partial charge in [-0.15, -0.1) is 0 Å². The molecule has 0 saturated carbocycles. The molecule has 0 aromatic heterocycles. The van der Waals surface area contributed by atoms with Crippen molar-refractivity contribution in [2.45, 2.75) is 25.7 Å². The molecule has 2 aromatic rings. The fraction of sp³-hybridized carbons (Fsp3) is 0.333. The first-order chi connectivity index (χ1) is 11.9. The minimum Gasteiger partial charge on any atom is -0.492 e. The fourth-order valence-electron chi connectivity index (χ4n) is 2.97. The SMILES string of the molecule is Cc1cc(C)c(S(=O)(=O)NCCOc2ccc3c(c2)OCO3)c(C)c1. The lowest BCUT2D eigenvalue weighted by molar-refractivity contribution is 0.173. The number of hydrogen-bond acceptors (Lipinski definition) is 5. The predicted molar refractivity (Wildman–Crippen MR) is 93.9 cm³/mol. The lowest BCUT2D eigenvalue weighted by Crippen LogP contribution is -2.29. The highest BCUT2D eigenvalue weighted by atomic mass is 32.2. The Bertz CT molecular complexity index is 869. The molecule has 0 atom stereocenters. The lowest BCUT2D eigenvalue weighted by Gasteiger charge is -2.13. The summed E-state index contributed by atoms with van der Waals surface area (Å²) in [7, 11) is -3.58. The second-order valence-electron chi connectivity index (χ2n) is 5.99. The molecule has 1 heterocycles. The van der Waals surface area contributed by atoms with Crippen LogP contribution in [0.2, 0.25) is 0 Å². The van der Waals surface area contributed by atoms with Crippen LogP contribution in [-0.2, 0) is 10.0 Å². The molecule has 0 aliphatic carbocycles. The summed E-state index contributed by atoms with van der Waals surface area (Å²) >= 11 is 0. The Labute approximate surface area is 147 Å². The van der Waals surface area contributed by atoms with Gasteiger partial charge in [0.15, 0.2) is 11.5 Å². The van der Waals surface area contributed by atoms with Gasteiger partial charge in [0.25, 0.3) is 0 Å². The molecule has 6 nitrogen and oxygen atoms in total. The highest BCUT2D eigenvalue weighted by Crippen LogP contribution is 2.35. The van der Waals surface area contributed by atoms with Crippen molar-refractivity contribution in [1.29, 1.82) is 0 Å². The number of hydrogen-bond donors (Lipinski definition) is 1. The molecule has 0 unspecified atom stereocenters. The molecule has 0 fully saturated rings. The van der Waals surface area contributed by atoms with Crippen molar-refractivity contribution in [2.24, 2.45) is 0 Å². The third kappa shape index (κ3) is 3.88. The normalized spacial score (nSPS) is 13.1. The molecule has 25 heavy (non-hydrogen) atoms. The van der Waals surface area contributed by atoms with E-state index in [-0.39, 0.29) is 19.9 Å². The van der Waals surface area contributed by atoms with E-state index in [2.05, 4.69) is 4.72 Å². The zero-order valence-electron chi connectivity index (χ0n) is 14.5. The Morgan fingerprint density at radius 1 is 1.04 bits per heavy atom. The molecular weight excluding hydrogens is 342 g/mol. The van der Waals surface area contributed by atoms with Crippen molar-refractivity contribution in [1.82, 2.24) is 4.72 Å². The third-order valence-corrected chi connectivity index (χ3v) is 5.65. The molecule has 0 bridgehead atoms. The summed E-state index contributed by atoms with van der Waals surface area (Å²) in [4.78, 5) is 0.334. The molecule has 0 spiro atoms. The van der Waals surface area contributed by atoms with Crippen molar-refractivity contribution in [2.75, 3.05) is 19.9 Å². The van der Waals surface area contributed by atoms with E-state index < -0.39 is 10.0 Å². The fourth-order valence-corrected chi connectivity index (χ4v) is 4.44. The summed E-state index contributed by atoms with van der Waals surface area (Å²) in [5, 5.41) is 0. The van der Waals surface area contributed by atoms with Crippen LogP contribution in [0.5, 0.6) is 17.2 Å². The topological polar surface area (TPSA) is 73.9 Å². The number of benzene rings is 2. The number of fused-ring (bicyclic) bond motifs is 1. The van der Waals surface area contributed by atoms with Gasteiger partial charge in [0.1, 0.15) is 12.4 Å². The smallest absolute Gasteiger partial charge is 0.241 e. The Kier molecular flexibility index (Phi) is 4.87. The van der Waals surface area contributed by atoms with Crippen molar-refractivity contribution in [3.8, 4) is 17.2 Å². The van der Waals surface area contributed by atoms with Crippen LogP contribution in [0.4, 0.5) is 0 Å². The van der Waals surface area contributed by atoms with Crippen LogP contribution in [0.15, 0.2) is 35.2 Å².